The van der Waals surface area contributed by atoms with Gasteiger partial charge in [0, 0.05) is 72.7 Å². The summed E-state index contributed by atoms with van der Waals surface area (Å²) in [6.07, 6.45) is 3.76. The van der Waals surface area contributed by atoms with Crippen molar-refractivity contribution in [2.45, 2.75) is 31.6 Å². The van der Waals surface area contributed by atoms with E-state index in [1.54, 1.807) is 29.0 Å². The Kier molecular flexibility index (Phi) is 8.16. The van der Waals surface area contributed by atoms with Gasteiger partial charge in [-0.1, -0.05) is 38.1 Å². The minimum Gasteiger partial charge on any atom is -0.398 e. The smallest absolute Gasteiger partial charge is 0.276 e. The molecule has 246 valence electrons. The van der Waals surface area contributed by atoms with E-state index in [1.807, 2.05) is 13.8 Å². The molecular formula is C34H34ClF2N5O4S. The van der Waals surface area contributed by atoms with Gasteiger partial charge in [-0.3, -0.25) is 19.1 Å². The number of hydrogen-bond donors (Lipinski definition) is 1. The molecule has 6 rings (SSSR count). The lowest BCUT2D eigenvalue weighted by Crippen LogP contribution is -2.35. The maximum Gasteiger partial charge on any atom is 0.276 e. The summed E-state index contributed by atoms with van der Waals surface area (Å²) >= 11 is 6.77. The van der Waals surface area contributed by atoms with Gasteiger partial charge in [0.1, 0.15) is 5.82 Å². The summed E-state index contributed by atoms with van der Waals surface area (Å²) in [5.74, 6) is -2.37. The molecule has 2 aromatic heterocycles. The van der Waals surface area contributed by atoms with Crippen LogP contribution in [0, 0.1) is 30.4 Å². The number of aryl methyl sites for hydroxylation is 1. The fourth-order valence-electron chi connectivity index (χ4n) is 7.10. The molecule has 0 radical (unpaired) electrons. The van der Waals surface area contributed by atoms with Crippen molar-refractivity contribution in [2.75, 3.05) is 43.1 Å². The summed E-state index contributed by atoms with van der Waals surface area (Å²) in [7, 11) is -4.24. The molecule has 2 aliphatic rings. The van der Waals surface area contributed by atoms with E-state index >= 15 is 8.78 Å². The highest BCUT2D eigenvalue weighted by Gasteiger charge is 2.44. The third kappa shape index (κ3) is 5.27. The van der Waals surface area contributed by atoms with Crippen LogP contribution < -0.4 is 16.2 Å². The van der Waals surface area contributed by atoms with E-state index in [1.165, 1.54) is 24.3 Å². The van der Waals surface area contributed by atoms with Crippen molar-refractivity contribution in [3.8, 4) is 16.8 Å². The Bertz CT molecular complexity index is 2130. The van der Waals surface area contributed by atoms with Gasteiger partial charge in [0.15, 0.2) is 20.5 Å². The van der Waals surface area contributed by atoms with Crippen LogP contribution in [0.15, 0.2) is 58.9 Å². The Hall–Kier alpha value is -4.29. The molecule has 4 aromatic rings. The predicted octanol–water partition coefficient (Wildman–Crippen LogP) is 5.48. The van der Waals surface area contributed by atoms with Crippen LogP contribution in [0.1, 0.15) is 31.0 Å². The minimum atomic E-state index is -4.24. The standard InChI is InChI=1S/C34H34ClF2N5O4S/c1-6-25(43)40-13-19-15-41(16-20(19)14-40)32-21-12-22(35)26(27-23(36)8-7-9-24(27)38)28(37)31(21)42(34(44)33(32)47(5,45)46)30-18(4)10-11-39-29(30)17(2)3/h6-12,17,19-20H,1,13-16,38H2,2-5H3/t19-,20+. The normalized spacial score (nSPS) is 18.0. The lowest BCUT2D eigenvalue weighted by Gasteiger charge is -2.28. The summed E-state index contributed by atoms with van der Waals surface area (Å²) in [6, 6.07) is 6.95. The van der Waals surface area contributed by atoms with Crippen molar-refractivity contribution in [2.24, 2.45) is 11.8 Å². The lowest BCUT2D eigenvalue weighted by molar-refractivity contribution is -0.125. The molecule has 0 saturated carbocycles. The third-order valence-electron chi connectivity index (χ3n) is 9.16. The van der Waals surface area contributed by atoms with Gasteiger partial charge in [0.25, 0.3) is 5.56 Å². The Labute approximate surface area is 276 Å². The summed E-state index contributed by atoms with van der Waals surface area (Å²) in [5, 5.41) is -0.157. The second-order valence-electron chi connectivity index (χ2n) is 12.6. The minimum absolute atomic E-state index is 0.0150. The highest BCUT2D eigenvalue weighted by atomic mass is 35.5. The van der Waals surface area contributed by atoms with Crippen LogP contribution in [0.5, 0.6) is 0 Å². The van der Waals surface area contributed by atoms with E-state index < -0.39 is 31.9 Å². The SMILES string of the molecule is C=CC(=O)N1C[C@@H]2CN(c3c(S(C)(=O)=O)c(=O)n(-c4c(C)ccnc4C(C)C)c4c(F)c(-c5c(N)cccc5F)c(Cl)cc34)C[C@@H]2C1. The zero-order chi connectivity index (χ0) is 34.1. The van der Waals surface area contributed by atoms with Gasteiger partial charge < -0.3 is 15.5 Å². The number of nitrogens with zero attached hydrogens (tertiary/aromatic N) is 4. The molecule has 0 spiro atoms. The van der Waals surface area contributed by atoms with Gasteiger partial charge in [0.05, 0.1) is 27.6 Å². The van der Waals surface area contributed by atoms with Crippen molar-refractivity contribution < 1.29 is 22.0 Å². The van der Waals surface area contributed by atoms with E-state index in [-0.39, 0.29) is 67.8 Å². The molecule has 47 heavy (non-hydrogen) atoms. The first-order valence-corrected chi connectivity index (χ1v) is 17.4. The van der Waals surface area contributed by atoms with E-state index in [0.29, 0.717) is 37.4 Å². The number of likely N-dealkylation sites (tertiary alicyclic amines) is 1. The predicted molar refractivity (Wildman–Crippen MR) is 180 cm³/mol. The lowest BCUT2D eigenvalue weighted by atomic mass is 9.98. The van der Waals surface area contributed by atoms with Gasteiger partial charge in [-0.15, -0.1) is 0 Å². The van der Waals surface area contributed by atoms with Crippen molar-refractivity contribution in [3.63, 3.8) is 0 Å². The van der Waals surface area contributed by atoms with Crippen molar-refractivity contribution >= 4 is 49.6 Å². The highest BCUT2D eigenvalue weighted by molar-refractivity contribution is 7.90. The Morgan fingerprint density at radius 3 is 2.34 bits per heavy atom. The van der Waals surface area contributed by atoms with Gasteiger partial charge in [0.2, 0.25) is 5.91 Å². The topological polar surface area (TPSA) is 119 Å². The number of nitrogens with two attached hydrogens (primary N) is 1. The number of aromatic nitrogens is 2. The zero-order valence-electron chi connectivity index (χ0n) is 26.4. The molecule has 4 heterocycles. The largest absolute Gasteiger partial charge is 0.398 e. The molecule has 2 aliphatic heterocycles. The van der Waals surface area contributed by atoms with E-state index in [9.17, 15) is 18.0 Å². The molecule has 13 heteroatoms. The number of nitrogen functional groups attached to an aromatic ring is 1. The summed E-state index contributed by atoms with van der Waals surface area (Å²) in [5.41, 5.74) is 5.40. The molecule has 2 atom stereocenters. The number of fused-ring (bicyclic) bond motifs is 2. The quantitative estimate of drug-likeness (QED) is 0.211. The average molecular weight is 682 g/mol. The Morgan fingerprint density at radius 2 is 1.77 bits per heavy atom. The molecule has 2 N–H and O–H groups in total. The van der Waals surface area contributed by atoms with Crippen molar-refractivity contribution in [3.05, 3.63) is 87.5 Å². The van der Waals surface area contributed by atoms with Crippen LogP contribution in [0.3, 0.4) is 0 Å². The first-order valence-electron chi connectivity index (χ1n) is 15.1. The molecule has 0 aliphatic carbocycles. The zero-order valence-corrected chi connectivity index (χ0v) is 27.9. The van der Waals surface area contributed by atoms with Gasteiger partial charge in [-0.25, -0.2) is 17.2 Å². The van der Waals surface area contributed by atoms with Gasteiger partial charge in [-0.05, 0) is 48.7 Å². The molecule has 0 bridgehead atoms. The summed E-state index contributed by atoms with van der Waals surface area (Å²) in [4.78, 5) is 34.5. The molecule has 2 fully saturated rings. The van der Waals surface area contributed by atoms with E-state index in [4.69, 9.17) is 17.3 Å². The second-order valence-corrected chi connectivity index (χ2v) is 15.0. The van der Waals surface area contributed by atoms with Gasteiger partial charge >= 0.3 is 0 Å². The number of benzene rings is 2. The maximum atomic E-state index is 17.4. The molecular weight excluding hydrogens is 648 g/mol. The van der Waals surface area contributed by atoms with Gasteiger partial charge in [-0.2, -0.15) is 0 Å². The summed E-state index contributed by atoms with van der Waals surface area (Å²) in [6.45, 7) is 10.4. The molecule has 9 nitrogen and oxygen atoms in total. The van der Waals surface area contributed by atoms with Crippen molar-refractivity contribution in [1.82, 2.24) is 14.5 Å². The number of halogens is 3. The monoisotopic (exact) mass is 681 g/mol. The number of carbonyl (C=O) groups excluding carboxylic acids is 1. The van der Waals surface area contributed by atoms with Crippen LogP contribution in [0.4, 0.5) is 20.2 Å². The number of rotatable bonds is 6. The molecule has 0 unspecified atom stereocenters. The van der Waals surface area contributed by atoms with Crippen LogP contribution in [0.25, 0.3) is 27.7 Å². The Balaban J connectivity index is 1.75. The number of hydrogen-bond acceptors (Lipinski definition) is 7. The fourth-order valence-corrected chi connectivity index (χ4v) is 8.38. The first-order chi connectivity index (χ1) is 22.1. The van der Waals surface area contributed by atoms with Crippen LogP contribution in [-0.2, 0) is 14.6 Å². The van der Waals surface area contributed by atoms with Crippen LogP contribution in [0.2, 0.25) is 5.02 Å². The molecule has 2 saturated heterocycles. The maximum absolute atomic E-state index is 17.4. The number of sulfone groups is 1. The summed E-state index contributed by atoms with van der Waals surface area (Å²) < 4.78 is 61.0. The average Bonchev–Trinajstić information content (AvgIpc) is 3.57. The first kappa shape index (κ1) is 32.6. The fraction of sp³-hybridized carbons (Fsp3) is 0.324. The van der Waals surface area contributed by atoms with E-state index in [0.717, 1.165) is 16.9 Å². The number of pyridine rings is 2. The van der Waals surface area contributed by atoms with E-state index in [2.05, 4.69) is 11.6 Å². The molecule has 2 aromatic carbocycles. The van der Waals surface area contributed by atoms with Crippen LogP contribution in [-0.4, -0.2) is 61.2 Å². The van der Waals surface area contributed by atoms with Crippen LogP contribution >= 0.6 is 11.6 Å². The second kappa shape index (κ2) is 11.7. The third-order valence-corrected chi connectivity index (χ3v) is 10.6. The molecule has 1 amide bonds. The number of carbonyl (C=O) groups is 1. The number of anilines is 2. The van der Waals surface area contributed by atoms with Crippen molar-refractivity contribution in [1.29, 1.82) is 0 Å². The Morgan fingerprint density at radius 1 is 1.11 bits per heavy atom. The number of amides is 1. The highest BCUT2D eigenvalue weighted by Crippen LogP contribution is 2.46.